The van der Waals surface area contributed by atoms with Gasteiger partial charge in [0.2, 0.25) is 11.9 Å². The lowest BCUT2D eigenvalue weighted by atomic mass is 9.88. The molecule has 0 N–H and O–H groups in total. The van der Waals surface area contributed by atoms with Crippen LogP contribution in [-0.2, 0) is 11.0 Å². The van der Waals surface area contributed by atoms with Crippen molar-refractivity contribution in [1.29, 1.82) is 0 Å². The minimum absolute atomic E-state index is 0.00270. The van der Waals surface area contributed by atoms with E-state index in [1.807, 2.05) is 107 Å². The monoisotopic (exact) mass is 1820 g/mol. The van der Waals surface area contributed by atoms with E-state index in [-0.39, 0.29) is 47.1 Å². The van der Waals surface area contributed by atoms with Crippen LogP contribution in [0.3, 0.4) is 0 Å². The molecule has 1 aliphatic carbocycles. The smallest absolute Gasteiger partial charge is 0.416 e. The number of carbonyl (C=O) groups is 6. The quantitative estimate of drug-likeness (QED) is 0.0264. The number of aromatic nitrogens is 2. The lowest BCUT2D eigenvalue weighted by molar-refractivity contribution is -0.138. The number of nitrogens with zero attached hydrogens (tertiary/aromatic N) is 14. The van der Waals surface area contributed by atoms with Crippen LogP contribution in [0.2, 0.25) is 0 Å². The molecule has 16 rings (SSSR count). The summed E-state index contributed by atoms with van der Waals surface area (Å²) in [5, 5.41) is 0. The highest BCUT2D eigenvalue weighted by molar-refractivity contribution is 6.00. The van der Waals surface area contributed by atoms with Gasteiger partial charge in [0.1, 0.15) is 23.0 Å². The van der Waals surface area contributed by atoms with E-state index in [1.165, 1.54) is 115 Å². The molecule has 1 aromatic heterocycles. The van der Waals surface area contributed by atoms with Gasteiger partial charge in [-0.05, 0) is 283 Å². The van der Waals surface area contributed by atoms with Crippen molar-refractivity contribution in [1.82, 2.24) is 59.0 Å². The second-order valence-electron chi connectivity index (χ2n) is 37.2. The Morgan fingerprint density at radius 1 is 0.326 bits per heavy atom. The Kier molecular flexibility index (Phi) is 39.1. The third-order valence-corrected chi connectivity index (χ3v) is 27.8. The SMILES string of the molecule is C[C@@H]1CCCN1CCCOc1ccc(C(=O)CN2CCN(C(=O)C3CCCCC3)CC2)cc1.C[C@@H]1CCCN1CCCOc1ccc(C(=O)CN2CCN(C(=O)c3ccc(C(F)(F)F)cc3)CC2)cc1.C[C@@H]1CCCN1CCCOc1ccc(C(=O)CN2CCN(c3ccccc3)CC2)cc1.C[C@@H]1CCCN1CCCOc1ccc(C(=O)CN2CCN(c3ncccn3)CC2)cc1. The summed E-state index contributed by atoms with van der Waals surface area (Å²) < 4.78 is 61.7. The average Bonchev–Trinajstić information content (AvgIpc) is 1.14. The molecule has 0 radical (unpaired) electrons. The predicted octanol–water partition coefficient (Wildman–Crippen LogP) is 15.1. The van der Waals surface area contributed by atoms with Gasteiger partial charge in [-0.1, -0.05) is 37.5 Å². The molecule has 0 spiro atoms. The number of hydrogen-bond acceptors (Lipinski definition) is 22. The maximum absolute atomic E-state index is 12.8. The van der Waals surface area contributed by atoms with Crippen LogP contribution in [0, 0.1) is 5.92 Å². The van der Waals surface area contributed by atoms with E-state index >= 15 is 0 Å². The number of alkyl halides is 3. The van der Waals surface area contributed by atoms with Crippen LogP contribution in [-0.4, -0.2) is 328 Å². The number of anilines is 2. The van der Waals surface area contributed by atoms with E-state index in [0.29, 0.717) is 101 Å². The molecule has 9 heterocycles. The molecule has 7 aromatic rings. The minimum Gasteiger partial charge on any atom is -0.494 e. The van der Waals surface area contributed by atoms with Crippen LogP contribution >= 0.6 is 0 Å². The molecule has 714 valence electrons. The highest BCUT2D eigenvalue weighted by Crippen LogP contribution is 2.32. The third-order valence-electron chi connectivity index (χ3n) is 27.8. The normalized spacial score (nSPS) is 20.6. The number of piperazine rings is 4. The van der Waals surface area contributed by atoms with E-state index < -0.39 is 11.7 Å². The number of hydrogen-bond donors (Lipinski definition) is 0. The predicted molar refractivity (Wildman–Crippen MR) is 514 cm³/mol. The average molecular weight is 1820 g/mol. The molecule has 0 bridgehead atoms. The van der Waals surface area contributed by atoms with Gasteiger partial charge in [0, 0.05) is 207 Å². The van der Waals surface area contributed by atoms with Gasteiger partial charge in [-0.2, -0.15) is 13.2 Å². The zero-order chi connectivity index (χ0) is 92.4. The van der Waals surface area contributed by atoms with Crippen molar-refractivity contribution in [3.05, 3.63) is 203 Å². The number of benzene rings is 6. The number of amides is 2. The molecular weight excluding hydrogens is 1670 g/mol. The zero-order valence-electron chi connectivity index (χ0n) is 78.7. The van der Waals surface area contributed by atoms with Crippen molar-refractivity contribution in [3.8, 4) is 23.0 Å². The van der Waals surface area contributed by atoms with Crippen molar-refractivity contribution in [2.24, 2.45) is 5.92 Å². The van der Waals surface area contributed by atoms with E-state index in [0.717, 1.165) is 208 Å². The molecule has 27 heteroatoms. The molecule has 2 amide bonds. The summed E-state index contributed by atoms with van der Waals surface area (Å²) in [7, 11) is 0. The molecular formula is C105H143F3N14O10. The van der Waals surface area contributed by atoms with Crippen molar-refractivity contribution in [3.63, 3.8) is 0 Å². The standard InChI is InChI=1S/C28H34F3N3O3.C27H41N3O3.C26H35N3O2.C24H33N5O2/c1-21-4-2-13-33(21)14-3-19-37-25-11-7-22(8-12-25)26(35)20-32-15-17-34(18-16-32)27(36)23-5-9-24(10-6-23)28(29,30)31;1-22-7-5-14-29(22)15-6-20-33-25-12-10-23(11-13-25)26(31)21-28-16-18-30(19-17-28)27(32)24-8-3-2-4-9-24;1-22-7-5-14-28(22)15-6-20-31-25-12-10-23(11-13-25)26(30)21-27-16-18-29(19-17-27)24-8-3-2-4-9-24;1-20-5-2-12-28(20)13-4-18-31-22-8-6-21(7-9-22)23(30)19-27-14-16-29(17-15-27)24-25-10-3-11-26-24/h5-12,21H,2-4,13-20H2,1H3;10-13,22,24H,2-9,14-21H2,1H3;2-4,8-13,22H,5-7,14-21H2,1H3;3,6-11,20H,2,4-5,12-19H2,1H3/t21-;2*22-;20-/m1111/s1. The molecule has 24 nitrogen and oxygen atoms in total. The highest BCUT2D eigenvalue weighted by atomic mass is 19.4. The van der Waals surface area contributed by atoms with Gasteiger partial charge in [-0.15, -0.1) is 0 Å². The summed E-state index contributed by atoms with van der Waals surface area (Å²) in [5.74, 6) is 4.77. The minimum atomic E-state index is -4.43. The Morgan fingerprint density at radius 2 is 0.636 bits per heavy atom. The van der Waals surface area contributed by atoms with Gasteiger partial charge in [0.05, 0.1) is 58.2 Å². The number of para-hydroxylation sites is 1. The van der Waals surface area contributed by atoms with Crippen molar-refractivity contribution < 1.29 is 60.9 Å². The summed E-state index contributed by atoms with van der Waals surface area (Å²) in [4.78, 5) is 112. The first-order chi connectivity index (χ1) is 64.2. The van der Waals surface area contributed by atoms with Gasteiger partial charge in [-0.3, -0.25) is 48.4 Å². The molecule has 4 atom stereocenters. The molecule has 132 heavy (non-hydrogen) atoms. The van der Waals surface area contributed by atoms with Gasteiger partial charge in [0.15, 0.2) is 23.1 Å². The lowest BCUT2D eigenvalue weighted by Crippen LogP contribution is -2.51. The first-order valence-corrected chi connectivity index (χ1v) is 49.2. The molecule has 8 saturated heterocycles. The van der Waals surface area contributed by atoms with Crippen molar-refractivity contribution >= 4 is 46.6 Å². The maximum atomic E-state index is 12.8. The highest BCUT2D eigenvalue weighted by Gasteiger charge is 2.34. The topological polar surface area (TPSA) is 204 Å². The van der Waals surface area contributed by atoms with Crippen molar-refractivity contribution in [2.75, 3.05) is 219 Å². The van der Waals surface area contributed by atoms with Gasteiger partial charge in [0.25, 0.3) is 5.91 Å². The van der Waals surface area contributed by atoms with E-state index in [9.17, 15) is 41.9 Å². The van der Waals surface area contributed by atoms with Crippen LogP contribution in [0.25, 0.3) is 0 Å². The summed E-state index contributed by atoms with van der Waals surface area (Å²) in [6, 6.07) is 49.4. The summed E-state index contributed by atoms with van der Waals surface area (Å²) in [6.07, 6.45) is 19.3. The van der Waals surface area contributed by atoms with Gasteiger partial charge < -0.3 is 58.1 Å². The van der Waals surface area contributed by atoms with Crippen LogP contribution in [0.15, 0.2) is 170 Å². The molecule has 9 aliphatic rings. The number of ketones is 4. The fourth-order valence-electron chi connectivity index (χ4n) is 19.4. The molecule has 0 unspecified atom stereocenters. The van der Waals surface area contributed by atoms with Crippen LogP contribution in [0.4, 0.5) is 24.8 Å². The number of likely N-dealkylation sites (tertiary alicyclic amines) is 4. The first kappa shape index (κ1) is 99.8. The van der Waals surface area contributed by atoms with Gasteiger partial charge in [-0.25, -0.2) is 9.97 Å². The second-order valence-corrected chi connectivity index (χ2v) is 37.2. The summed E-state index contributed by atoms with van der Waals surface area (Å²) in [6.45, 7) is 34.7. The zero-order valence-corrected chi connectivity index (χ0v) is 78.7. The third kappa shape index (κ3) is 31.2. The molecule has 6 aromatic carbocycles. The number of ether oxygens (including phenoxy) is 4. The second kappa shape index (κ2) is 51.7. The van der Waals surface area contributed by atoms with Crippen LogP contribution in [0.1, 0.15) is 194 Å². The summed E-state index contributed by atoms with van der Waals surface area (Å²) >= 11 is 0. The number of carbonyl (C=O) groups excluding carboxylic acids is 6. The first-order valence-electron chi connectivity index (χ1n) is 49.2. The molecule has 8 aliphatic heterocycles. The summed E-state index contributed by atoms with van der Waals surface area (Å²) in [5.41, 5.74) is 3.56. The van der Waals surface area contributed by atoms with E-state index in [2.05, 4.69) is 106 Å². The fraction of sp³-hybridized carbons (Fsp3) is 0.562. The number of halogens is 3. The van der Waals surface area contributed by atoms with Crippen molar-refractivity contribution in [2.45, 2.75) is 167 Å². The fourth-order valence-corrected chi connectivity index (χ4v) is 19.4. The van der Waals surface area contributed by atoms with E-state index in [4.69, 9.17) is 18.9 Å². The Labute approximate surface area is 781 Å². The lowest BCUT2D eigenvalue weighted by Gasteiger charge is -2.36. The molecule has 9 fully saturated rings. The Bertz CT molecular complexity index is 4480. The maximum Gasteiger partial charge on any atom is 0.416 e. The van der Waals surface area contributed by atoms with Gasteiger partial charge >= 0.3 is 6.18 Å². The Balaban J connectivity index is 0.000000150. The number of Topliss-reactive ketones (excluding diaryl/α,β-unsaturated/α-hetero) is 4. The van der Waals surface area contributed by atoms with E-state index in [1.54, 1.807) is 29.4 Å². The largest absolute Gasteiger partial charge is 0.494 e. The number of rotatable bonds is 36. The molecule has 1 saturated carbocycles. The van der Waals surface area contributed by atoms with Crippen LogP contribution in [0.5, 0.6) is 23.0 Å². The van der Waals surface area contributed by atoms with Crippen LogP contribution < -0.4 is 28.7 Å². The Morgan fingerprint density at radius 3 is 0.955 bits per heavy atom. The Hall–Kier alpha value is -9.71.